The summed E-state index contributed by atoms with van der Waals surface area (Å²) in [4.78, 5) is 3.37. The van der Waals surface area contributed by atoms with Crippen molar-refractivity contribution in [1.82, 2.24) is 10.3 Å². The number of H-pyrrole nitrogens is 1. The largest absolute Gasteiger partial charge is 0.494 e. The molecule has 18 heavy (non-hydrogen) atoms. The lowest BCUT2D eigenvalue weighted by molar-refractivity contribution is 0.340. The van der Waals surface area contributed by atoms with Gasteiger partial charge in [-0.15, -0.1) is 0 Å². The summed E-state index contributed by atoms with van der Waals surface area (Å²) in [5, 5.41) is 4.80. The molecule has 96 valence electrons. The van der Waals surface area contributed by atoms with Gasteiger partial charge in [0.1, 0.15) is 5.75 Å². The molecule has 3 rings (SSSR count). The third-order valence-corrected chi connectivity index (χ3v) is 3.73. The molecule has 2 N–H and O–H groups in total. The van der Waals surface area contributed by atoms with Gasteiger partial charge in [-0.2, -0.15) is 0 Å². The van der Waals surface area contributed by atoms with E-state index >= 15 is 0 Å². The lowest BCUT2D eigenvalue weighted by Gasteiger charge is -2.22. The summed E-state index contributed by atoms with van der Waals surface area (Å²) in [5.41, 5.74) is 2.64. The molecular weight excluding hydrogens is 224 g/mol. The molecule has 1 atom stereocenters. The normalized spacial score (nSPS) is 20.2. The smallest absolute Gasteiger partial charge is 0.120 e. The fourth-order valence-electron chi connectivity index (χ4n) is 2.83. The first-order valence-electron chi connectivity index (χ1n) is 6.83. The van der Waals surface area contributed by atoms with E-state index in [9.17, 15) is 0 Å². The Morgan fingerprint density at radius 2 is 2.33 bits per heavy atom. The maximum Gasteiger partial charge on any atom is 0.120 e. The zero-order valence-electron chi connectivity index (χ0n) is 10.8. The highest BCUT2D eigenvalue weighted by Gasteiger charge is 2.18. The minimum Gasteiger partial charge on any atom is -0.494 e. The van der Waals surface area contributed by atoms with Crippen molar-refractivity contribution in [2.75, 3.05) is 19.7 Å². The summed E-state index contributed by atoms with van der Waals surface area (Å²) in [7, 11) is 0. The van der Waals surface area contributed by atoms with Crippen LogP contribution in [-0.4, -0.2) is 24.7 Å². The summed E-state index contributed by atoms with van der Waals surface area (Å²) >= 11 is 0. The molecule has 1 aromatic heterocycles. The summed E-state index contributed by atoms with van der Waals surface area (Å²) in [6.07, 6.45) is 4.71. The third-order valence-electron chi connectivity index (χ3n) is 3.73. The number of piperidine rings is 1. The number of aromatic nitrogens is 1. The number of hydrogen-bond acceptors (Lipinski definition) is 2. The highest BCUT2D eigenvalue weighted by molar-refractivity contribution is 5.85. The molecule has 1 unspecified atom stereocenters. The van der Waals surface area contributed by atoms with E-state index in [0.717, 1.165) is 25.4 Å². The summed E-state index contributed by atoms with van der Waals surface area (Å²) < 4.78 is 5.60. The van der Waals surface area contributed by atoms with E-state index in [1.54, 1.807) is 0 Å². The van der Waals surface area contributed by atoms with Gasteiger partial charge in [-0.1, -0.05) is 0 Å². The van der Waals surface area contributed by atoms with Crippen molar-refractivity contribution >= 4 is 10.9 Å². The monoisotopic (exact) mass is 244 g/mol. The molecule has 3 heteroatoms. The maximum absolute atomic E-state index is 5.60. The van der Waals surface area contributed by atoms with Crippen LogP contribution in [0.3, 0.4) is 0 Å². The number of rotatable bonds is 3. The molecule has 0 aliphatic carbocycles. The van der Waals surface area contributed by atoms with Crippen molar-refractivity contribution in [2.45, 2.75) is 25.7 Å². The van der Waals surface area contributed by atoms with Crippen LogP contribution in [0.5, 0.6) is 5.75 Å². The Labute approximate surface area is 108 Å². The fraction of sp³-hybridized carbons (Fsp3) is 0.467. The van der Waals surface area contributed by atoms with Crippen molar-refractivity contribution < 1.29 is 4.74 Å². The molecule has 0 saturated carbocycles. The molecule has 2 aromatic rings. The second-order valence-electron chi connectivity index (χ2n) is 4.93. The average Bonchev–Trinajstić information content (AvgIpc) is 2.83. The van der Waals surface area contributed by atoms with E-state index in [1.165, 1.54) is 29.3 Å². The highest BCUT2D eigenvalue weighted by Crippen LogP contribution is 2.31. The topological polar surface area (TPSA) is 37.0 Å². The first-order chi connectivity index (χ1) is 8.88. The van der Waals surface area contributed by atoms with Crippen molar-refractivity contribution in [2.24, 2.45) is 0 Å². The van der Waals surface area contributed by atoms with Crippen molar-refractivity contribution in [1.29, 1.82) is 0 Å². The van der Waals surface area contributed by atoms with Gasteiger partial charge in [0.2, 0.25) is 0 Å². The molecule has 0 radical (unpaired) electrons. The minimum atomic E-state index is 0.629. The van der Waals surface area contributed by atoms with Crippen LogP contribution in [0.1, 0.15) is 31.2 Å². The number of aromatic amines is 1. The van der Waals surface area contributed by atoms with Gasteiger partial charge in [-0.3, -0.25) is 0 Å². The van der Waals surface area contributed by atoms with Crippen molar-refractivity contribution in [3.8, 4) is 5.75 Å². The van der Waals surface area contributed by atoms with Crippen LogP contribution in [-0.2, 0) is 0 Å². The standard InChI is InChI=1S/C15H20N2O/c1-2-18-12-5-6-15-13(8-12)14(10-17-15)11-4-3-7-16-9-11/h5-6,8,10-11,16-17H,2-4,7,9H2,1H3. The van der Waals surface area contributed by atoms with E-state index < -0.39 is 0 Å². The van der Waals surface area contributed by atoms with Crippen LogP contribution in [0, 0.1) is 0 Å². The Morgan fingerprint density at radius 1 is 1.39 bits per heavy atom. The molecule has 1 saturated heterocycles. The van der Waals surface area contributed by atoms with E-state index in [-0.39, 0.29) is 0 Å². The number of ether oxygens (including phenoxy) is 1. The van der Waals surface area contributed by atoms with Gasteiger partial charge in [-0.05, 0) is 56.0 Å². The molecule has 0 bridgehead atoms. The van der Waals surface area contributed by atoms with Crippen molar-refractivity contribution in [3.05, 3.63) is 30.0 Å². The lowest BCUT2D eigenvalue weighted by Crippen LogP contribution is -2.28. The predicted octanol–water partition coefficient (Wildman–Crippen LogP) is 3.03. The lowest BCUT2D eigenvalue weighted by atomic mass is 9.91. The summed E-state index contributed by atoms with van der Waals surface area (Å²) in [6.45, 7) is 4.98. The molecule has 0 amide bonds. The molecule has 1 fully saturated rings. The highest BCUT2D eigenvalue weighted by atomic mass is 16.5. The minimum absolute atomic E-state index is 0.629. The Bertz CT molecular complexity index is 526. The van der Waals surface area contributed by atoms with Gasteiger partial charge in [0.25, 0.3) is 0 Å². The van der Waals surface area contributed by atoms with E-state index in [1.807, 2.05) is 13.0 Å². The van der Waals surface area contributed by atoms with E-state index in [0.29, 0.717) is 5.92 Å². The van der Waals surface area contributed by atoms with E-state index in [4.69, 9.17) is 4.74 Å². The van der Waals surface area contributed by atoms with Gasteiger partial charge in [0.05, 0.1) is 6.61 Å². The third kappa shape index (κ3) is 2.10. The summed E-state index contributed by atoms with van der Waals surface area (Å²) in [6, 6.07) is 6.31. The van der Waals surface area contributed by atoms with Gasteiger partial charge in [0.15, 0.2) is 0 Å². The quantitative estimate of drug-likeness (QED) is 0.870. The number of hydrogen-bond donors (Lipinski definition) is 2. The zero-order valence-corrected chi connectivity index (χ0v) is 10.8. The average molecular weight is 244 g/mol. The Morgan fingerprint density at radius 3 is 3.11 bits per heavy atom. The molecule has 2 heterocycles. The molecule has 1 aliphatic heterocycles. The van der Waals surface area contributed by atoms with Crippen LogP contribution in [0.4, 0.5) is 0 Å². The zero-order chi connectivity index (χ0) is 12.4. The fourth-order valence-corrected chi connectivity index (χ4v) is 2.83. The van der Waals surface area contributed by atoms with E-state index in [2.05, 4.69) is 28.6 Å². The SMILES string of the molecule is CCOc1ccc2[nH]cc(C3CCCNC3)c2c1. The van der Waals surface area contributed by atoms with Gasteiger partial charge < -0.3 is 15.0 Å². The molecule has 3 nitrogen and oxygen atoms in total. The first-order valence-corrected chi connectivity index (χ1v) is 6.83. The van der Waals surface area contributed by atoms with Crippen LogP contribution in [0.2, 0.25) is 0 Å². The molecule has 0 spiro atoms. The first kappa shape index (κ1) is 11.6. The Hall–Kier alpha value is -1.48. The van der Waals surface area contributed by atoms with Crippen molar-refractivity contribution in [3.63, 3.8) is 0 Å². The number of fused-ring (bicyclic) bond motifs is 1. The molecule has 1 aromatic carbocycles. The van der Waals surface area contributed by atoms with Gasteiger partial charge in [0, 0.05) is 23.6 Å². The second-order valence-corrected chi connectivity index (χ2v) is 4.93. The van der Waals surface area contributed by atoms with Crippen LogP contribution < -0.4 is 10.1 Å². The van der Waals surface area contributed by atoms with Crippen LogP contribution >= 0.6 is 0 Å². The molecule has 1 aliphatic rings. The predicted molar refractivity (Wildman–Crippen MR) is 74.3 cm³/mol. The van der Waals surface area contributed by atoms with Crippen LogP contribution in [0.25, 0.3) is 10.9 Å². The van der Waals surface area contributed by atoms with Gasteiger partial charge >= 0.3 is 0 Å². The Balaban J connectivity index is 1.97. The van der Waals surface area contributed by atoms with Crippen LogP contribution in [0.15, 0.2) is 24.4 Å². The number of nitrogens with one attached hydrogen (secondary N) is 2. The second kappa shape index (κ2) is 5.02. The van der Waals surface area contributed by atoms with Gasteiger partial charge in [-0.25, -0.2) is 0 Å². The summed E-state index contributed by atoms with van der Waals surface area (Å²) in [5.74, 6) is 1.60. The maximum atomic E-state index is 5.60. The Kier molecular flexibility index (Phi) is 3.24. The number of benzene rings is 1. The molecular formula is C15H20N2O.